The van der Waals surface area contributed by atoms with Crippen molar-refractivity contribution in [1.29, 1.82) is 0 Å². The van der Waals surface area contributed by atoms with Gasteiger partial charge in [-0.05, 0) is 38.0 Å². The van der Waals surface area contributed by atoms with Crippen molar-refractivity contribution in [2.45, 2.75) is 26.9 Å². The Hall–Kier alpha value is -1.57. The Balaban J connectivity index is 2.32. The molecule has 0 aliphatic carbocycles. The number of thiophene rings is 1. The van der Waals surface area contributed by atoms with Crippen LogP contribution in [0.5, 0.6) is 0 Å². The fraction of sp³-hybridized carbons (Fsp3) is 0.235. The van der Waals surface area contributed by atoms with Gasteiger partial charge in [0.1, 0.15) is 0 Å². The van der Waals surface area contributed by atoms with Gasteiger partial charge in [-0.25, -0.2) is 4.79 Å². The second-order valence-electron chi connectivity index (χ2n) is 5.28. The van der Waals surface area contributed by atoms with Crippen LogP contribution in [0.15, 0.2) is 18.2 Å². The molecule has 0 spiro atoms. The highest BCUT2D eigenvalue weighted by Crippen LogP contribution is 2.33. The maximum Gasteiger partial charge on any atom is 0.424 e. The van der Waals surface area contributed by atoms with Crippen LogP contribution in [0.25, 0.3) is 13.2 Å². The van der Waals surface area contributed by atoms with Crippen LogP contribution in [0.1, 0.15) is 32.6 Å². The zero-order valence-corrected chi connectivity index (χ0v) is 14.2. The predicted octanol–water partition coefficient (Wildman–Crippen LogP) is 3.66. The van der Waals surface area contributed by atoms with E-state index in [9.17, 15) is 9.36 Å². The number of hydrogen-bond acceptors (Lipinski definition) is 3. The molecular formula is C17H18O2PS+. The molecule has 1 unspecified atom stereocenters. The van der Waals surface area contributed by atoms with Crippen LogP contribution in [-0.2, 0) is 10.7 Å². The molecule has 1 heterocycles. The number of carbonyl (C=O) groups excluding carboxylic acids is 1. The van der Waals surface area contributed by atoms with E-state index in [1.54, 1.807) is 0 Å². The molecule has 1 aromatic carbocycles. The number of benzene rings is 1. The number of hydrogen-bond donors (Lipinski definition) is 0. The molecule has 4 heteroatoms. The van der Waals surface area contributed by atoms with Crippen molar-refractivity contribution in [2.24, 2.45) is 0 Å². The second kappa shape index (κ2) is 6.05. The van der Waals surface area contributed by atoms with E-state index in [0.717, 1.165) is 31.3 Å². The summed E-state index contributed by atoms with van der Waals surface area (Å²) in [4.78, 5) is 12.5. The van der Waals surface area contributed by atoms with Crippen LogP contribution < -0.4 is 9.06 Å². The minimum atomic E-state index is -1.99. The van der Waals surface area contributed by atoms with Gasteiger partial charge in [-0.1, -0.05) is 35.4 Å². The molecule has 0 radical (unpaired) electrons. The van der Waals surface area contributed by atoms with E-state index in [4.69, 9.17) is 0 Å². The Morgan fingerprint density at radius 1 is 1.14 bits per heavy atom. The van der Waals surface area contributed by atoms with Crippen molar-refractivity contribution in [1.82, 2.24) is 0 Å². The van der Waals surface area contributed by atoms with E-state index in [2.05, 4.69) is 13.2 Å². The van der Waals surface area contributed by atoms with E-state index in [0.29, 0.717) is 5.56 Å². The predicted molar refractivity (Wildman–Crippen MR) is 90.9 cm³/mol. The molecule has 0 bridgehead atoms. The summed E-state index contributed by atoms with van der Waals surface area (Å²) in [5, 5.41) is 0. The van der Waals surface area contributed by atoms with E-state index in [1.807, 2.05) is 39.0 Å². The van der Waals surface area contributed by atoms with Gasteiger partial charge >= 0.3 is 13.3 Å². The van der Waals surface area contributed by atoms with Gasteiger partial charge in [0.25, 0.3) is 0 Å². The van der Waals surface area contributed by atoms with Crippen molar-refractivity contribution >= 4 is 37.8 Å². The summed E-state index contributed by atoms with van der Waals surface area (Å²) in [6, 6.07) is 5.77. The summed E-state index contributed by atoms with van der Waals surface area (Å²) in [7, 11) is -1.99. The Kier molecular flexibility index (Phi) is 4.55. The van der Waals surface area contributed by atoms with Crippen molar-refractivity contribution in [2.75, 3.05) is 0 Å². The lowest BCUT2D eigenvalue weighted by Gasteiger charge is -2.05. The molecule has 21 heavy (non-hydrogen) atoms. The fourth-order valence-corrected chi connectivity index (χ4v) is 4.75. The second-order valence-corrected chi connectivity index (χ2v) is 7.98. The fourth-order valence-electron chi connectivity index (χ4n) is 2.53. The highest BCUT2D eigenvalue weighted by molar-refractivity contribution is 7.63. The molecule has 2 nitrogen and oxygen atoms in total. The van der Waals surface area contributed by atoms with Crippen LogP contribution in [0.3, 0.4) is 0 Å². The Bertz CT molecular complexity index is 810. The molecule has 0 saturated carbocycles. The third-order valence-electron chi connectivity index (χ3n) is 3.38. The topological polar surface area (TPSA) is 34.1 Å². The monoisotopic (exact) mass is 317 g/mol. The number of aryl methyl sites for hydroxylation is 3. The molecule has 0 N–H and O–H groups in total. The lowest BCUT2D eigenvalue weighted by Crippen LogP contribution is -2.04. The summed E-state index contributed by atoms with van der Waals surface area (Å²) in [6.45, 7) is 13.5. The van der Waals surface area contributed by atoms with Gasteiger partial charge in [-0.3, -0.25) is 0 Å². The Morgan fingerprint density at radius 2 is 1.71 bits per heavy atom. The quantitative estimate of drug-likeness (QED) is 0.807. The van der Waals surface area contributed by atoms with Gasteiger partial charge in [0.05, 0.1) is 5.56 Å². The average Bonchev–Trinajstić information content (AvgIpc) is 2.66. The number of rotatable bonds is 4. The zero-order valence-electron chi connectivity index (χ0n) is 12.5. The Labute approximate surface area is 129 Å². The van der Waals surface area contributed by atoms with Crippen LogP contribution in [0, 0.1) is 20.8 Å². The molecular weight excluding hydrogens is 299 g/mol. The first kappa shape index (κ1) is 15.8. The highest BCUT2D eigenvalue weighted by Gasteiger charge is 2.32. The van der Waals surface area contributed by atoms with E-state index >= 15 is 0 Å². The van der Waals surface area contributed by atoms with Gasteiger partial charge < -0.3 is 0 Å². The van der Waals surface area contributed by atoms with Crippen molar-refractivity contribution in [3.63, 3.8) is 0 Å². The maximum absolute atomic E-state index is 12.5. The summed E-state index contributed by atoms with van der Waals surface area (Å²) in [5.74, 6) is 0. The molecule has 1 atom stereocenters. The summed E-state index contributed by atoms with van der Waals surface area (Å²) < 4.78 is 14.1. The third kappa shape index (κ3) is 3.37. The van der Waals surface area contributed by atoms with Crippen LogP contribution >= 0.6 is 19.1 Å². The molecule has 1 aromatic heterocycles. The molecule has 0 fully saturated rings. The normalized spacial score (nSPS) is 11.5. The maximum atomic E-state index is 12.5. The minimum absolute atomic E-state index is 0.242. The minimum Gasteiger partial charge on any atom is -0.234 e. The Morgan fingerprint density at radius 3 is 2.19 bits per heavy atom. The van der Waals surface area contributed by atoms with Gasteiger partial charge in [0.2, 0.25) is 0 Å². The van der Waals surface area contributed by atoms with Crippen molar-refractivity contribution < 1.29 is 9.36 Å². The van der Waals surface area contributed by atoms with Crippen LogP contribution in [-0.4, -0.2) is 5.52 Å². The molecule has 0 saturated heterocycles. The zero-order chi connectivity index (χ0) is 15.7. The van der Waals surface area contributed by atoms with Crippen LogP contribution in [0.2, 0.25) is 0 Å². The lowest BCUT2D eigenvalue weighted by molar-refractivity contribution is 0.107. The summed E-state index contributed by atoms with van der Waals surface area (Å²) in [6.07, 6.45) is 0.242. The van der Waals surface area contributed by atoms with E-state index in [1.165, 1.54) is 11.3 Å². The van der Waals surface area contributed by atoms with Gasteiger partial charge in [-0.15, -0.1) is 11.3 Å². The largest absolute Gasteiger partial charge is 0.424 e. The third-order valence-corrected chi connectivity index (χ3v) is 5.57. The van der Waals surface area contributed by atoms with Crippen molar-refractivity contribution in [3.8, 4) is 0 Å². The van der Waals surface area contributed by atoms with Gasteiger partial charge in [0, 0.05) is 14.6 Å². The van der Waals surface area contributed by atoms with E-state index < -0.39 is 7.80 Å². The molecule has 2 rings (SSSR count). The molecule has 2 aromatic rings. The standard InChI is InChI=1S/C17H18O2PS/c1-10-6-11(2)16(12(3)7-10)17(18)20(19)9-15-8-13(4)21-14(15)5/h6-8H,4-5,9H2,1-3H3/q+1. The van der Waals surface area contributed by atoms with Crippen LogP contribution in [0.4, 0.5) is 0 Å². The molecule has 108 valence electrons. The molecule has 0 amide bonds. The highest BCUT2D eigenvalue weighted by atomic mass is 32.1. The first-order chi connectivity index (χ1) is 9.79. The lowest BCUT2D eigenvalue weighted by atomic mass is 10.0. The van der Waals surface area contributed by atoms with E-state index in [-0.39, 0.29) is 11.7 Å². The smallest absolute Gasteiger partial charge is 0.234 e. The molecule has 0 aliphatic heterocycles. The SMILES string of the molecule is C=c1cc(C[P+](=O)C(=O)c2c(C)cc(C)cc2C)c(=C)s1. The first-order valence-corrected chi connectivity index (χ1v) is 8.89. The molecule has 0 aliphatic rings. The van der Waals surface area contributed by atoms with Gasteiger partial charge in [-0.2, -0.15) is 0 Å². The van der Waals surface area contributed by atoms with Gasteiger partial charge in [0.15, 0.2) is 6.16 Å². The summed E-state index contributed by atoms with van der Waals surface area (Å²) >= 11 is 1.46. The number of carbonyl (C=O) groups is 1. The van der Waals surface area contributed by atoms with Crippen molar-refractivity contribution in [3.05, 3.63) is 55.1 Å². The summed E-state index contributed by atoms with van der Waals surface area (Å²) in [5.41, 5.74) is 4.07. The average molecular weight is 317 g/mol. The first-order valence-electron chi connectivity index (χ1n) is 6.63.